The summed E-state index contributed by atoms with van der Waals surface area (Å²) in [5.74, 6) is -0.973. The number of nitrogens with one attached hydrogen (secondary N) is 2. The first-order chi connectivity index (χ1) is 12.1. The Kier molecular flexibility index (Phi) is 4.66. The average Bonchev–Trinajstić information content (AvgIpc) is 3.05. The van der Waals surface area contributed by atoms with Crippen molar-refractivity contribution in [2.24, 2.45) is 0 Å². The van der Waals surface area contributed by atoms with Gasteiger partial charge >= 0.3 is 5.97 Å². The third-order valence-corrected chi connectivity index (χ3v) is 3.95. The van der Waals surface area contributed by atoms with Crippen molar-refractivity contribution in [1.29, 1.82) is 0 Å². The van der Waals surface area contributed by atoms with Gasteiger partial charge in [0.05, 0.1) is 7.11 Å². The molecule has 0 spiro atoms. The van der Waals surface area contributed by atoms with Crippen LogP contribution in [0.15, 0.2) is 60.4 Å². The van der Waals surface area contributed by atoms with Crippen molar-refractivity contribution in [3.8, 4) is 0 Å². The lowest BCUT2D eigenvalue weighted by molar-refractivity contribution is -0.136. The number of ether oxygens (including phenoxy) is 1. The monoisotopic (exact) mass is 334 g/mol. The molecule has 5 nitrogen and oxygen atoms in total. The Morgan fingerprint density at radius 3 is 2.56 bits per heavy atom. The van der Waals surface area contributed by atoms with E-state index in [-0.39, 0.29) is 11.6 Å². The molecule has 1 heterocycles. The van der Waals surface area contributed by atoms with Crippen LogP contribution < -0.4 is 5.32 Å². The van der Waals surface area contributed by atoms with Crippen LogP contribution in [0.1, 0.15) is 21.5 Å². The van der Waals surface area contributed by atoms with E-state index in [0.717, 1.165) is 22.0 Å². The molecule has 25 heavy (non-hydrogen) atoms. The maximum atomic E-state index is 12.4. The van der Waals surface area contributed by atoms with Crippen molar-refractivity contribution < 1.29 is 14.3 Å². The molecule has 3 rings (SSSR count). The van der Waals surface area contributed by atoms with Gasteiger partial charge in [0.25, 0.3) is 5.91 Å². The molecule has 0 fully saturated rings. The van der Waals surface area contributed by atoms with E-state index in [1.807, 2.05) is 31.2 Å². The molecule has 1 amide bonds. The summed E-state index contributed by atoms with van der Waals surface area (Å²) in [6, 6.07) is 14.6. The lowest BCUT2D eigenvalue weighted by atomic mass is 10.1. The maximum Gasteiger partial charge on any atom is 0.354 e. The SMILES string of the molecule is COC(=O)C(=Cc1c[nH]c2c(C)cccc12)NC(=O)c1ccccc1. The van der Waals surface area contributed by atoms with E-state index < -0.39 is 5.97 Å². The van der Waals surface area contributed by atoms with Crippen LogP contribution in [0.5, 0.6) is 0 Å². The van der Waals surface area contributed by atoms with E-state index >= 15 is 0 Å². The Morgan fingerprint density at radius 2 is 1.84 bits per heavy atom. The minimum Gasteiger partial charge on any atom is -0.464 e. The number of benzene rings is 2. The first kappa shape index (κ1) is 16.5. The summed E-state index contributed by atoms with van der Waals surface area (Å²) in [7, 11) is 1.28. The first-order valence-electron chi connectivity index (χ1n) is 7.83. The third-order valence-electron chi connectivity index (χ3n) is 3.95. The van der Waals surface area contributed by atoms with E-state index in [1.54, 1.807) is 36.5 Å². The molecule has 0 atom stereocenters. The lowest BCUT2D eigenvalue weighted by Crippen LogP contribution is -2.28. The minimum absolute atomic E-state index is 0.0822. The number of aromatic nitrogens is 1. The van der Waals surface area contributed by atoms with Crippen LogP contribution in [0.25, 0.3) is 17.0 Å². The number of fused-ring (bicyclic) bond motifs is 1. The molecule has 0 unspecified atom stereocenters. The van der Waals surface area contributed by atoms with Gasteiger partial charge in [0.15, 0.2) is 0 Å². The van der Waals surface area contributed by atoms with Gasteiger partial charge in [-0.05, 0) is 30.7 Å². The number of aromatic amines is 1. The number of hydrogen-bond acceptors (Lipinski definition) is 3. The Balaban J connectivity index is 1.98. The van der Waals surface area contributed by atoms with Crippen LogP contribution in [0.2, 0.25) is 0 Å². The molecule has 0 radical (unpaired) electrons. The largest absolute Gasteiger partial charge is 0.464 e. The van der Waals surface area contributed by atoms with E-state index in [2.05, 4.69) is 10.3 Å². The first-order valence-corrected chi connectivity index (χ1v) is 7.83. The molecule has 2 N–H and O–H groups in total. The summed E-state index contributed by atoms with van der Waals surface area (Å²) in [5, 5.41) is 3.60. The van der Waals surface area contributed by atoms with Crippen molar-refractivity contribution in [3.05, 3.63) is 77.1 Å². The highest BCUT2D eigenvalue weighted by Crippen LogP contribution is 2.23. The van der Waals surface area contributed by atoms with Crippen LogP contribution in [0, 0.1) is 6.92 Å². The smallest absolute Gasteiger partial charge is 0.354 e. The molecular weight excluding hydrogens is 316 g/mol. The van der Waals surface area contributed by atoms with Gasteiger partial charge < -0.3 is 15.0 Å². The molecule has 1 aromatic heterocycles. The van der Waals surface area contributed by atoms with E-state index in [4.69, 9.17) is 4.74 Å². The molecule has 3 aromatic rings. The van der Waals surface area contributed by atoms with Crippen molar-refractivity contribution in [2.45, 2.75) is 6.92 Å². The van der Waals surface area contributed by atoms with Crippen LogP contribution in [-0.2, 0) is 9.53 Å². The highest BCUT2D eigenvalue weighted by atomic mass is 16.5. The number of carbonyl (C=O) groups excluding carboxylic acids is 2. The van der Waals surface area contributed by atoms with Crippen molar-refractivity contribution >= 4 is 28.9 Å². The van der Waals surface area contributed by atoms with Gasteiger partial charge in [-0.1, -0.05) is 36.4 Å². The second kappa shape index (κ2) is 7.05. The second-order valence-corrected chi connectivity index (χ2v) is 5.61. The fraction of sp³-hybridized carbons (Fsp3) is 0.100. The highest BCUT2D eigenvalue weighted by Gasteiger charge is 2.16. The number of rotatable bonds is 4. The Hall–Kier alpha value is -3.34. The Bertz CT molecular complexity index is 955. The fourth-order valence-corrected chi connectivity index (χ4v) is 2.64. The molecule has 2 aromatic carbocycles. The van der Waals surface area contributed by atoms with Crippen LogP contribution in [-0.4, -0.2) is 24.0 Å². The van der Waals surface area contributed by atoms with E-state index in [9.17, 15) is 9.59 Å². The number of carbonyl (C=O) groups is 2. The van der Waals surface area contributed by atoms with Crippen molar-refractivity contribution in [3.63, 3.8) is 0 Å². The van der Waals surface area contributed by atoms with Crippen molar-refractivity contribution in [2.75, 3.05) is 7.11 Å². The maximum absolute atomic E-state index is 12.4. The van der Waals surface area contributed by atoms with Gasteiger partial charge in [-0.3, -0.25) is 4.79 Å². The normalized spacial score (nSPS) is 11.4. The number of aryl methyl sites for hydroxylation is 1. The zero-order valence-corrected chi connectivity index (χ0v) is 14.0. The molecular formula is C20H18N2O3. The molecule has 0 aliphatic carbocycles. The summed E-state index contributed by atoms with van der Waals surface area (Å²) in [5.41, 5.74) is 3.44. The summed E-state index contributed by atoms with van der Waals surface area (Å²) in [6.07, 6.45) is 3.42. The Morgan fingerprint density at radius 1 is 1.08 bits per heavy atom. The fourth-order valence-electron chi connectivity index (χ4n) is 2.64. The number of hydrogen-bond donors (Lipinski definition) is 2. The number of para-hydroxylation sites is 1. The lowest BCUT2D eigenvalue weighted by Gasteiger charge is -2.08. The number of amides is 1. The third kappa shape index (κ3) is 3.45. The highest BCUT2D eigenvalue weighted by molar-refractivity contribution is 6.04. The van der Waals surface area contributed by atoms with Crippen LogP contribution in [0.4, 0.5) is 0 Å². The van der Waals surface area contributed by atoms with Gasteiger partial charge in [0, 0.05) is 28.2 Å². The minimum atomic E-state index is -0.605. The molecule has 5 heteroatoms. The average molecular weight is 334 g/mol. The van der Waals surface area contributed by atoms with Gasteiger partial charge in [-0.2, -0.15) is 0 Å². The van der Waals surface area contributed by atoms with Crippen molar-refractivity contribution in [1.82, 2.24) is 10.3 Å². The number of H-pyrrole nitrogens is 1. The van der Waals surface area contributed by atoms with E-state index in [0.29, 0.717) is 5.56 Å². The summed E-state index contributed by atoms with van der Waals surface area (Å²) in [6.45, 7) is 2.00. The topological polar surface area (TPSA) is 71.2 Å². The zero-order chi connectivity index (χ0) is 17.8. The number of methoxy groups -OCH3 is 1. The van der Waals surface area contributed by atoms with E-state index in [1.165, 1.54) is 7.11 Å². The van der Waals surface area contributed by atoms with Gasteiger partial charge in [0.1, 0.15) is 5.70 Å². The molecule has 0 bridgehead atoms. The molecule has 0 saturated heterocycles. The molecule has 0 saturated carbocycles. The summed E-state index contributed by atoms with van der Waals surface area (Å²) >= 11 is 0. The van der Waals surface area contributed by atoms with Crippen LogP contribution >= 0.6 is 0 Å². The summed E-state index contributed by atoms with van der Waals surface area (Å²) in [4.78, 5) is 27.6. The van der Waals surface area contributed by atoms with Gasteiger partial charge in [-0.25, -0.2) is 4.79 Å². The molecule has 126 valence electrons. The second-order valence-electron chi connectivity index (χ2n) is 5.61. The predicted octanol–water partition coefficient (Wildman–Crippen LogP) is 3.42. The van der Waals surface area contributed by atoms with Crippen LogP contribution in [0.3, 0.4) is 0 Å². The number of esters is 1. The zero-order valence-electron chi connectivity index (χ0n) is 14.0. The van der Waals surface area contributed by atoms with Gasteiger partial charge in [0.2, 0.25) is 0 Å². The standard InChI is InChI=1S/C20H18N2O3/c1-13-7-6-10-16-15(12-21-18(13)16)11-17(20(24)25-2)22-19(23)14-8-4-3-5-9-14/h3-12,21H,1-2H3,(H,22,23). The Labute approximate surface area is 145 Å². The quantitative estimate of drug-likeness (QED) is 0.567. The molecule has 0 aliphatic heterocycles. The van der Waals surface area contributed by atoms with Gasteiger partial charge in [-0.15, -0.1) is 0 Å². The molecule has 0 aliphatic rings. The summed E-state index contributed by atoms with van der Waals surface area (Å²) < 4.78 is 4.80. The predicted molar refractivity (Wildman–Crippen MR) is 96.9 cm³/mol.